The third-order valence-corrected chi connectivity index (χ3v) is 16.2. The van der Waals surface area contributed by atoms with Gasteiger partial charge in [-0.15, -0.1) is 0 Å². The normalized spacial score (nSPS) is 14.3. The second-order valence-corrected chi connectivity index (χ2v) is 25.5. The summed E-state index contributed by atoms with van der Waals surface area (Å²) in [5.41, 5.74) is 22.2. The fraction of sp³-hybridized carbons (Fsp3) is 0.284. The van der Waals surface area contributed by atoms with E-state index in [4.69, 9.17) is 4.74 Å². The van der Waals surface area contributed by atoms with Crippen LogP contribution in [0.3, 0.4) is 0 Å². The van der Waals surface area contributed by atoms with E-state index in [1.807, 2.05) is 0 Å². The van der Waals surface area contributed by atoms with Gasteiger partial charge in [-0.1, -0.05) is 182 Å². The Bertz CT molecular complexity index is 3650. The number of nitrogens with zero attached hydrogens (tertiary/aromatic N) is 3. The monoisotopic (exact) mass is 942 g/mol. The van der Waals surface area contributed by atoms with Crippen molar-refractivity contribution in [2.75, 3.05) is 9.80 Å². The average Bonchev–Trinajstić information content (AvgIpc) is 3.67. The lowest BCUT2D eigenvalue weighted by atomic mass is 9.44. The maximum absolute atomic E-state index is 6.47. The molecule has 0 saturated heterocycles. The van der Waals surface area contributed by atoms with Crippen molar-refractivity contribution in [2.45, 2.75) is 124 Å². The number of fused-ring (bicyclic) bond motifs is 9. The predicted molar refractivity (Wildman–Crippen MR) is 308 cm³/mol. The van der Waals surface area contributed by atoms with Gasteiger partial charge in [-0.2, -0.15) is 0 Å². The first-order valence-electron chi connectivity index (χ1n) is 26.1. The van der Waals surface area contributed by atoms with Crippen LogP contribution >= 0.6 is 0 Å². The maximum Gasteiger partial charge on any atom is 0.333 e. The molecule has 0 fully saturated rings. The van der Waals surface area contributed by atoms with E-state index in [9.17, 15) is 0 Å². The Morgan fingerprint density at radius 1 is 0.403 bits per heavy atom. The van der Waals surface area contributed by atoms with Crippen molar-refractivity contribution in [1.29, 1.82) is 0 Å². The predicted octanol–water partition coefficient (Wildman–Crippen LogP) is 17.3. The van der Waals surface area contributed by atoms with Crippen LogP contribution < -0.4 is 25.5 Å². The minimum absolute atomic E-state index is 0.0466. The van der Waals surface area contributed by atoms with Gasteiger partial charge in [0.15, 0.2) is 11.5 Å². The molecule has 3 aliphatic heterocycles. The number of para-hydroxylation sites is 4. The van der Waals surface area contributed by atoms with E-state index in [0.29, 0.717) is 0 Å². The van der Waals surface area contributed by atoms with Crippen LogP contribution in [0.5, 0.6) is 11.5 Å². The molecular formula is C67H68BN3O. The SMILES string of the molecule is CC(C)(C)c1ccc(N2c3ccc(C(C)(C)C)cc3B3c4c(cc(C(C)(C)C)cc42)-c2ccc(C(C)(C)c4cccc(N5c6ccccc6Oc6ccccc65)c4)c4c5cc(C(C)(C)C)ccc5n3c24)cc1. The molecule has 12 rings (SSSR count). The van der Waals surface area contributed by atoms with Crippen molar-refractivity contribution in [3.05, 3.63) is 191 Å². The minimum Gasteiger partial charge on any atom is -0.453 e. The van der Waals surface area contributed by atoms with Crippen LogP contribution in [0.2, 0.25) is 0 Å². The minimum atomic E-state index is -0.407. The molecule has 0 atom stereocenters. The highest BCUT2D eigenvalue weighted by Crippen LogP contribution is 2.53. The second-order valence-electron chi connectivity index (χ2n) is 25.5. The Kier molecular flexibility index (Phi) is 9.94. The molecule has 0 unspecified atom stereocenters. The van der Waals surface area contributed by atoms with Gasteiger partial charge in [-0.25, -0.2) is 0 Å². The fourth-order valence-electron chi connectivity index (χ4n) is 12.0. The number of aromatic nitrogens is 1. The number of benzene rings is 8. The lowest BCUT2D eigenvalue weighted by Crippen LogP contribution is -2.57. The van der Waals surface area contributed by atoms with E-state index >= 15 is 0 Å². The van der Waals surface area contributed by atoms with Crippen LogP contribution in [0.4, 0.5) is 34.1 Å². The number of rotatable bonds is 4. The first kappa shape index (κ1) is 46.1. The molecule has 0 saturated carbocycles. The van der Waals surface area contributed by atoms with Gasteiger partial charge >= 0.3 is 6.85 Å². The van der Waals surface area contributed by atoms with E-state index in [1.54, 1.807) is 0 Å². The summed E-state index contributed by atoms with van der Waals surface area (Å²) in [5.74, 6) is 1.71. The van der Waals surface area contributed by atoms with Crippen LogP contribution in [0, 0.1) is 0 Å². The van der Waals surface area contributed by atoms with Crippen molar-refractivity contribution in [2.24, 2.45) is 0 Å². The zero-order chi connectivity index (χ0) is 50.6. The highest BCUT2D eigenvalue weighted by atomic mass is 16.5. The molecule has 0 N–H and O–H groups in total. The molecule has 1 aromatic heterocycles. The molecule has 4 nitrogen and oxygen atoms in total. The molecule has 0 bridgehead atoms. The number of anilines is 6. The Morgan fingerprint density at radius 3 is 1.62 bits per heavy atom. The number of hydrogen-bond donors (Lipinski definition) is 0. The Labute approximate surface area is 428 Å². The van der Waals surface area contributed by atoms with E-state index in [1.165, 1.54) is 94.3 Å². The molecule has 72 heavy (non-hydrogen) atoms. The summed E-state index contributed by atoms with van der Waals surface area (Å²) in [6.45, 7) is 32.9. The molecule has 0 amide bonds. The molecule has 0 radical (unpaired) electrons. The van der Waals surface area contributed by atoms with Gasteiger partial charge in [0.05, 0.1) is 11.4 Å². The summed E-state index contributed by atoms with van der Waals surface area (Å²) < 4.78 is 9.23. The van der Waals surface area contributed by atoms with Crippen molar-refractivity contribution in [3.8, 4) is 22.6 Å². The molecule has 8 aromatic carbocycles. The molecule has 5 heteroatoms. The van der Waals surface area contributed by atoms with Crippen molar-refractivity contribution >= 4 is 73.7 Å². The summed E-state index contributed by atoms with van der Waals surface area (Å²) in [4.78, 5) is 4.95. The first-order valence-corrected chi connectivity index (χ1v) is 26.1. The number of hydrogen-bond acceptors (Lipinski definition) is 3. The Morgan fingerprint density at radius 2 is 0.986 bits per heavy atom. The van der Waals surface area contributed by atoms with Gasteiger partial charge < -0.3 is 19.0 Å². The van der Waals surface area contributed by atoms with Crippen LogP contribution in [-0.4, -0.2) is 11.3 Å². The Balaban J connectivity index is 1.15. The molecule has 3 aliphatic rings. The third-order valence-electron chi connectivity index (χ3n) is 16.2. The molecule has 360 valence electrons. The number of ether oxygens (including phenoxy) is 1. The van der Waals surface area contributed by atoms with Crippen molar-refractivity contribution in [3.63, 3.8) is 0 Å². The molecular weight excluding hydrogens is 874 g/mol. The molecule has 0 aliphatic carbocycles. The standard InChI is InChI=1S/C67H68BN3O/c1-63(2,3)41-26-30-46(31-27-41)69-54-35-29-43(65(7,8)9)39-52(54)68-61-49(38-45(40-57(61)69)66(10,11)12)48-32-33-51(60-50-37-42(64(4,5)6)28-34-53(50)71(68)62(48)60)67(13,14)44-20-19-21-47(36-44)70-55-22-15-17-24-58(55)72-59-25-18-16-23-56(59)70/h15-40H,1-14H3. The summed E-state index contributed by atoms with van der Waals surface area (Å²) in [6.07, 6.45) is 0. The van der Waals surface area contributed by atoms with E-state index in [2.05, 4.69) is 269 Å². The van der Waals surface area contributed by atoms with E-state index < -0.39 is 5.41 Å². The average molecular weight is 942 g/mol. The Hall–Kier alpha value is -6.98. The van der Waals surface area contributed by atoms with Crippen LogP contribution in [0.15, 0.2) is 158 Å². The largest absolute Gasteiger partial charge is 0.453 e. The molecule has 0 spiro atoms. The highest BCUT2D eigenvalue weighted by Gasteiger charge is 2.45. The summed E-state index contributed by atoms with van der Waals surface area (Å²) >= 11 is 0. The quantitative estimate of drug-likeness (QED) is 0.164. The second kappa shape index (κ2) is 15.5. The van der Waals surface area contributed by atoms with Gasteiger partial charge in [0.2, 0.25) is 0 Å². The van der Waals surface area contributed by atoms with Crippen molar-refractivity contribution in [1.82, 2.24) is 4.48 Å². The van der Waals surface area contributed by atoms with E-state index in [0.717, 1.165) is 28.6 Å². The summed E-state index contributed by atoms with van der Waals surface area (Å²) in [6, 6.07) is 60.1. The van der Waals surface area contributed by atoms with Crippen LogP contribution in [0.1, 0.15) is 130 Å². The third kappa shape index (κ3) is 7.01. The van der Waals surface area contributed by atoms with Gasteiger partial charge in [0.25, 0.3) is 0 Å². The van der Waals surface area contributed by atoms with E-state index in [-0.39, 0.29) is 28.5 Å². The topological polar surface area (TPSA) is 20.6 Å². The zero-order valence-corrected chi connectivity index (χ0v) is 44.8. The summed E-state index contributed by atoms with van der Waals surface area (Å²) in [7, 11) is 0. The van der Waals surface area contributed by atoms with Crippen molar-refractivity contribution < 1.29 is 4.74 Å². The first-order chi connectivity index (χ1) is 34.0. The zero-order valence-electron chi connectivity index (χ0n) is 44.8. The fourth-order valence-corrected chi connectivity index (χ4v) is 12.0. The van der Waals surface area contributed by atoms with Crippen LogP contribution in [-0.2, 0) is 27.1 Å². The lowest BCUT2D eigenvalue weighted by molar-refractivity contribution is 0.477. The van der Waals surface area contributed by atoms with Gasteiger partial charge in [0, 0.05) is 55.5 Å². The molecule has 4 heterocycles. The smallest absolute Gasteiger partial charge is 0.333 e. The highest BCUT2D eigenvalue weighted by molar-refractivity contribution is 6.90. The van der Waals surface area contributed by atoms with Crippen LogP contribution in [0.25, 0.3) is 32.9 Å². The van der Waals surface area contributed by atoms with Gasteiger partial charge in [0.1, 0.15) is 0 Å². The van der Waals surface area contributed by atoms with Gasteiger partial charge in [-0.3, -0.25) is 0 Å². The molecule has 9 aromatic rings. The summed E-state index contributed by atoms with van der Waals surface area (Å²) in [5, 5.41) is 2.65. The maximum atomic E-state index is 6.47. The van der Waals surface area contributed by atoms with Gasteiger partial charge in [-0.05, 0) is 144 Å². The lowest BCUT2D eigenvalue weighted by Gasteiger charge is -2.42.